The number of benzene rings is 1. The number of nitro groups is 1. The van der Waals surface area contributed by atoms with Crippen molar-refractivity contribution in [3.63, 3.8) is 0 Å². The number of aromatic carboxylic acids is 1. The average molecular weight is 227 g/mol. The first-order valence-electron chi connectivity index (χ1n) is 4.20. The van der Waals surface area contributed by atoms with E-state index in [0.29, 0.717) is 4.90 Å². The molecule has 0 spiro atoms. The van der Waals surface area contributed by atoms with Gasteiger partial charge in [0.15, 0.2) is 0 Å². The second-order valence-electron chi connectivity index (χ2n) is 2.71. The Balaban J connectivity index is 3.19. The van der Waals surface area contributed by atoms with E-state index in [-0.39, 0.29) is 11.3 Å². The van der Waals surface area contributed by atoms with E-state index in [0.717, 1.165) is 11.8 Å². The molecule has 0 amide bonds. The number of hydrogen-bond acceptors (Lipinski definition) is 4. The Bertz CT molecular complexity index is 373. The summed E-state index contributed by atoms with van der Waals surface area (Å²) in [7, 11) is 0. The summed E-state index contributed by atoms with van der Waals surface area (Å²) in [6, 6.07) is 3.87. The van der Waals surface area contributed by atoms with Crippen molar-refractivity contribution in [1.29, 1.82) is 0 Å². The summed E-state index contributed by atoms with van der Waals surface area (Å²) < 4.78 is 0. The van der Waals surface area contributed by atoms with Gasteiger partial charge in [-0.05, 0) is 11.8 Å². The van der Waals surface area contributed by atoms with Gasteiger partial charge in [0, 0.05) is 17.0 Å². The highest BCUT2D eigenvalue weighted by molar-refractivity contribution is 7.99. The van der Waals surface area contributed by atoms with Gasteiger partial charge in [0.05, 0.1) is 10.5 Å². The Kier molecular flexibility index (Phi) is 3.68. The molecule has 0 aliphatic heterocycles. The van der Waals surface area contributed by atoms with Gasteiger partial charge in [-0.2, -0.15) is 0 Å². The van der Waals surface area contributed by atoms with E-state index in [1.807, 2.05) is 6.92 Å². The largest absolute Gasteiger partial charge is 0.478 e. The number of carboxylic acid groups (broad SMARTS) is 1. The minimum Gasteiger partial charge on any atom is -0.478 e. The van der Waals surface area contributed by atoms with Crippen LogP contribution in [0.4, 0.5) is 5.69 Å². The number of hydrogen-bond donors (Lipinski definition) is 1. The first kappa shape index (κ1) is 11.5. The molecule has 0 heterocycles. The van der Waals surface area contributed by atoms with Crippen molar-refractivity contribution < 1.29 is 14.8 Å². The first-order chi connectivity index (χ1) is 7.04. The van der Waals surface area contributed by atoms with Crippen LogP contribution in [0.5, 0.6) is 0 Å². The fraction of sp³-hybridized carbons (Fsp3) is 0.222. The van der Waals surface area contributed by atoms with Gasteiger partial charge in [0.2, 0.25) is 0 Å². The summed E-state index contributed by atoms with van der Waals surface area (Å²) >= 11 is 1.37. The summed E-state index contributed by atoms with van der Waals surface area (Å²) in [4.78, 5) is 21.2. The molecule has 0 saturated carbocycles. The molecule has 15 heavy (non-hydrogen) atoms. The number of non-ortho nitro benzene ring substituents is 1. The Morgan fingerprint density at radius 3 is 2.67 bits per heavy atom. The zero-order valence-electron chi connectivity index (χ0n) is 7.97. The zero-order valence-corrected chi connectivity index (χ0v) is 8.78. The lowest BCUT2D eigenvalue weighted by atomic mass is 10.2. The summed E-state index contributed by atoms with van der Waals surface area (Å²) in [6.45, 7) is 1.89. The van der Waals surface area contributed by atoms with Crippen molar-refractivity contribution in [2.24, 2.45) is 0 Å². The van der Waals surface area contributed by atoms with Crippen LogP contribution in [-0.4, -0.2) is 21.8 Å². The summed E-state index contributed by atoms with van der Waals surface area (Å²) in [6.07, 6.45) is 0. The van der Waals surface area contributed by atoms with E-state index < -0.39 is 10.9 Å². The molecule has 0 radical (unpaired) electrons. The van der Waals surface area contributed by atoms with Gasteiger partial charge in [-0.3, -0.25) is 10.1 Å². The fourth-order valence-electron chi connectivity index (χ4n) is 1.06. The van der Waals surface area contributed by atoms with Crippen molar-refractivity contribution in [3.05, 3.63) is 33.9 Å². The lowest BCUT2D eigenvalue weighted by Gasteiger charge is -2.01. The molecule has 1 aromatic rings. The SMILES string of the molecule is CCSc1cc(C(=O)O)cc([N+](=O)[O-])c1. The predicted molar refractivity (Wildman–Crippen MR) is 56.5 cm³/mol. The number of nitro benzene ring substituents is 1. The molecule has 5 nitrogen and oxygen atoms in total. The van der Waals surface area contributed by atoms with Gasteiger partial charge >= 0.3 is 5.97 Å². The van der Waals surface area contributed by atoms with E-state index in [9.17, 15) is 14.9 Å². The second-order valence-corrected chi connectivity index (χ2v) is 4.05. The molecular formula is C9H9NO4S. The van der Waals surface area contributed by atoms with Crippen LogP contribution in [0.1, 0.15) is 17.3 Å². The van der Waals surface area contributed by atoms with Crippen molar-refractivity contribution in [2.75, 3.05) is 5.75 Å². The zero-order chi connectivity index (χ0) is 11.4. The molecule has 1 rings (SSSR count). The van der Waals surface area contributed by atoms with Crippen LogP contribution in [0, 0.1) is 10.1 Å². The third-order valence-corrected chi connectivity index (χ3v) is 2.52. The summed E-state index contributed by atoms with van der Waals surface area (Å²) in [5.41, 5.74) is -0.244. The van der Waals surface area contributed by atoms with E-state index in [4.69, 9.17) is 5.11 Å². The van der Waals surface area contributed by atoms with Gasteiger partial charge < -0.3 is 5.11 Å². The smallest absolute Gasteiger partial charge is 0.335 e. The Morgan fingerprint density at radius 1 is 1.53 bits per heavy atom. The van der Waals surface area contributed by atoms with Crippen molar-refractivity contribution in [1.82, 2.24) is 0 Å². The van der Waals surface area contributed by atoms with E-state index in [2.05, 4.69) is 0 Å². The van der Waals surface area contributed by atoms with Crippen molar-refractivity contribution >= 4 is 23.4 Å². The van der Waals surface area contributed by atoms with Gasteiger partial charge in [-0.15, -0.1) is 11.8 Å². The standard InChI is InChI=1S/C9H9NO4S/c1-2-15-8-4-6(9(11)12)3-7(5-8)10(13)14/h3-5H,2H2,1H3,(H,11,12). The lowest BCUT2D eigenvalue weighted by molar-refractivity contribution is -0.385. The third kappa shape index (κ3) is 2.95. The van der Waals surface area contributed by atoms with Crippen LogP contribution in [0.25, 0.3) is 0 Å². The molecule has 6 heteroatoms. The van der Waals surface area contributed by atoms with Crippen LogP contribution in [0.15, 0.2) is 23.1 Å². The average Bonchev–Trinajstić information content (AvgIpc) is 2.17. The number of rotatable bonds is 4. The molecule has 1 N–H and O–H groups in total. The molecule has 0 unspecified atom stereocenters. The highest BCUT2D eigenvalue weighted by Crippen LogP contribution is 2.25. The van der Waals surface area contributed by atoms with Gasteiger partial charge in [-0.25, -0.2) is 4.79 Å². The first-order valence-corrected chi connectivity index (χ1v) is 5.18. The number of carboxylic acids is 1. The maximum Gasteiger partial charge on any atom is 0.335 e. The quantitative estimate of drug-likeness (QED) is 0.485. The normalized spacial score (nSPS) is 9.93. The maximum absolute atomic E-state index is 10.7. The molecule has 0 atom stereocenters. The highest BCUT2D eigenvalue weighted by Gasteiger charge is 2.13. The van der Waals surface area contributed by atoms with Crippen LogP contribution >= 0.6 is 11.8 Å². The van der Waals surface area contributed by atoms with Crippen LogP contribution in [-0.2, 0) is 0 Å². The molecule has 0 fully saturated rings. The molecule has 0 aromatic heterocycles. The molecule has 0 aliphatic rings. The monoisotopic (exact) mass is 227 g/mol. The number of thioether (sulfide) groups is 1. The number of carbonyl (C=O) groups is 1. The topological polar surface area (TPSA) is 80.4 Å². The highest BCUT2D eigenvalue weighted by atomic mass is 32.2. The van der Waals surface area contributed by atoms with E-state index in [1.165, 1.54) is 23.9 Å². The summed E-state index contributed by atoms with van der Waals surface area (Å²) in [5, 5.41) is 19.3. The third-order valence-electron chi connectivity index (χ3n) is 1.66. The van der Waals surface area contributed by atoms with Crippen LogP contribution in [0.3, 0.4) is 0 Å². The molecule has 1 aromatic carbocycles. The van der Waals surface area contributed by atoms with Crippen molar-refractivity contribution in [3.8, 4) is 0 Å². The van der Waals surface area contributed by atoms with Crippen molar-refractivity contribution in [2.45, 2.75) is 11.8 Å². The van der Waals surface area contributed by atoms with E-state index >= 15 is 0 Å². The van der Waals surface area contributed by atoms with Gasteiger partial charge in [0.1, 0.15) is 0 Å². The minimum atomic E-state index is -1.16. The number of nitrogens with zero attached hydrogens (tertiary/aromatic N) is 1. The summed E-state index contributed by atoms with van der Waals surface area (Å²) in [5.74, 6) is -0.420. The van der Waals surface area contributed by atoms with Gasteiger partial charge in [-0.1, -0.05) is 6.92 Å². The Morgan fingerprint density at radius 2 is 2.20 bits per heavy atom. The minimum absolute atomic E-state index is 0.0554. The fourth-order valence-corrected chi connectivity index (χ4v) is 1.81. The van der Waals surface area contributed by atoms with Crippen LogP contribution in [0.2, 0.25) is 0 Å². The molecule has 80 valence electrons. The Labute approximate surface area is 90.3 Å². The van der Waals surface area contributed by atoms with E-state index in [1.54, 1.807) is 0 Å². The maximum atomic E-state index is 10.7. The molecule has 0 aliphatic carbocycles. The van der Waals surface area contributed by atoms with Crippen LogP contribution < -0.4 is 0 Å². The lowest BCUT2D eigenvalue weighted by Crippen LogP contribution is -1.98. The predicted octanol–water partition coefficient (Wildman–Crippen LogP) is 2.41. The molecule has 0 bridgehead atoms. The second kappa shape index (κ2) is 4.79. The molecule has 0 saturated heterocycles. The van der Waals surface area contributed by atoms with Gasteiger partial charge in [0.25, 0.3) is 5.69 Å². The molecular weight excluding hydrogens is 218 g/mol. The Hall–Kier alpha value is -1.56.